The standard InChI is InChI=1S/C9H18N2O5/c1-16-5-9(11,8(14)15)4-2-3-6(10)7(12)13/h6H,2-5,10-11H2,1H3,(H,12,13)(H,14,15)/t6-,9+/m0/s1. The Kier molecular flexibility index (Phi) is 5.94. The molecule has 0 amide bonds. The van der Waals surface area contributed by atoms with Gasteiger partial charge >= 0.3 is 11.9 Å². The van der Waals surface area contributed by atoms with Gasteiger partial charge in [-0.1, -0.05) is 0 Å². The first-order chi connectivity index (χ1) is 7.33. The van der Waals surface area contributed by atoms with Crippen molar-refractivity contribution in [1.29, 1.82) is 0 Å². The number of hydrogen-bond donors (Lipinski definition) is 4. The van der Waals surface area contributed by atoms with Crippen LogP contribution >= 0.6 is 0 Å². The number of methoxy groups -OCH3 is 1. The summed E-state index contributed by atoms with van der Waals surface area (Å²) in [4.78, 5) is 21.3. The molecule has 16 heavy (non-hydrogen) atoms. The summed E-state index contributed by atoms with van der Waals surface area (Å²) in [5.41, 5.74) is 9.40. The Morgan fingerprint density at radius 3 is 2.38 bits per heavy atom. The predicted octanol–water partition coefficient (Wildman–Crippen LogP) is -1.00. The largest absolute Gasteiger partial charge is 0.480 e. The SMILES string of the molecule is COC[C@](N)(CCC[C@H](N)C(=O)O)C(=O)O. The van der Waals surface area contributed by atoms with Crippen molar-refractivity contribution in [3.05, 3.63) is 0 Å². The van der Waals surface area contributed by atoms with Crippen molar-refractivity contribution in [3.63, 3.8) is 0 Å². The van der Waals surface area contributed by atoms with Crippen molar-refractivity contribution in [1.82, 2.24) is 0 Å². The Bertz CT molecular complexity index is 258. The van der Waals surface area contributed by atoms with E-state index in [1.165, 1.54) is 7.11 Å². The second-order valence-electron chi connectivity index (χ2n) is 3.73. The fourth-order valence-electron chi connectivity index (χ4n) is 1.26. The lowest BCUT2D eigenvalue weighted by Gasteiger charge is -2.23. The highest BCUT2D eigenvalue weighted by atomic mass is 16.5. The van der Waals surface area contributed by atoms with Crippen LogP contribution in [0.25, 0.3) is 0 Å². The topological polar surface area (TPSA) is 136 Å². The summed E-state index contributed by atoms with van der Waals surface area (Å²) >= 11 is 0. The number of carbonyl (C=O) groups is 2. The monoisotopic (exact) mass is 234 g/mol. The fourth-order valence-corrected chi connectivity index (χ4v) is 1.26. The molecule has 0 radical (unpaired) electrons. The van der Waals surface area contributed by atoms with Gasteiger partial charge in [0, 0.05) is 7.11 Å². The van der Waals surface area contributed by atoms with E-state index in [0.717, 1.165) is 0 Å². The maximum atomic E-state index is 10.9. The van der Waals surface area contributed by atoms with Crippen LogP contribution in [-0.2, 0) is 14.3 Å². The van der Waals surface area contributed by atoms with Gasteiger partial charge in [0.15, 0.2) is 0 Å². The van der Waals surface area contributed by atoms with Crippen LogP contribution in [0.1, 0.15) is 19.3 Å². The molecule has 94 valence electrons. The summed E-state index contributed by atoms with van der Waals surface area (Å²) < 4.78 is 4.72. The Morgan fingerprint density at radius 2 is 2.00 bits per heavy atom. The van der Waals surface area contributed by atoms with Gasteiger partial charge in [-0.3, -0.25) is 9.59 Å². The van der Waals surface area contributed by atoms with Gasteiger partial charge in [0.05, 0.1) is 6.61 Å². The quantitative estimate of drug-likeness (QED) is 0.422. The fraction of sp³-hybridized carbons (Fsp3) is 0.778. The van der Waals surface area contributed by atoms with Crippen LogP contribution in [-0.4, -0.2) is 47.4 Å². The molecule has 0 saturated carbocycles. The van der Waals surface area contributed by atoms with Crippen LogP contribution in [0.2, 0.25) is 0 Å². The Balaban J connectivity index is 4.14. The Hall–Kier alpha value is -1.18. The second-order valence-corrected chi connectivity index (χ2v) is 3.73. The van der Waals surface area contributed by atoms with Gasteiger partial charge in [-0.25, -0.2) is 0 Å². The number of aliphatic carboxylic acids is 2. The first kappa shape index (κ1) is 14.8. The Labute approximate surface area is 93.4 Å². The summed E-state index contributed by atoms with van der Waals surface area (Å²) in [5.74, 6) is -2.28. The molecule has 0 rings (SSSR count). The summed E-state index contributed by atoms with van der Waals surface area (Å²) in [6, 6.07) is -0.986. The van der Waals surface area contributed by atoms with Gasteiger partial charge in [-0.15, -0.1) is 0 Å². The van der Waals surface area contributed by atoms with Gasteiger partial charge in [-0.05, 0) is 19.3 Å². The highest BCUT2D eigenvalue weighted by molar-refractivity contribution is 5.78. The van der Waals surface area contributed by atoms with E-state index in [1.807, 2.05) is 0 Å². The van der Waals surface area contributed by atoms with Crippen molar-refractivity contribution in [3.8, 4) is 0 Å². The van der Waals surface area contributed by atoms with Crippen LogP contribution < -0.4 is 11.5 Å². The van der Waals surface area contributed by atoms with Gasteiger partial charge in [0.25, 0.3) is 0 Å². The van der Waals surface area contributed by atoms with Crippen LogP contribution in [0.5, 0.6) is 0 Å². The van der Waals surface area contributed by atoms with Crippen molar-refractivity contribution in [2.45, 2.75) is 30.8 Å². The van der Waals surface area contributed by atoms with E-state index in [1.54, 1.807) is 0 Å². The minimum atomic E-state index is -1.48. The second kappa shape index (κ2) is 6.41. The third-order valence-corrected chi connectivity index (χ3v) is 2.28. The van der Waals surface area contributed by atoms with Crippen molar-refractivity contribution < 1.29 is 24.5 Å². The molecule has 0 aliphatic carbocycles. The molecule has 0 heterocycles. The number of rotatable bonds is 8. The highest BCUT2D eigenvalue weighted by Crippen LogP contribution is 2.13. The molecule has 0 bridgehead atoms. The molecule has 0 unspecified atom stereocenters. The molecule has 7 heteroatoms. The van der Waals surface area contributed by atoms with E-state index >= 15 is 0 Å². The molecular formula is C9H18N2O5. The molecule has 6 N–H and O–H groups in total. The molecule has 0 aromatic heterocycles. The zero-order chi connectivity index (χ0) is 12.8. The average molecular weight is 234 g/mol. The van der Waals surface area contributed by atoms with Gasteiger partial charge in [0.1, 0.15) is 11.6 Å². The molecule has 0 fully saturated rings. The van der Waals surface area contributed by atoms with Crippen molar-refractivity contribution in [2.75, 3.05) is 13.7 Å². The zero-order valence-electron chi connectivity index (χ0n) is 9.18. The normalized spacial score (nSPS) is 16.4. The van der Waals surface area contributed by atoms with Gasteiger partial charge in [0.2, 0.25) is 0 Å². The molecule has 0 aliphatic rings. The molecule has 0 saturated heterocycles. The maximum Gasteiger partial charge on any atom is 0.326 e. The maximum absolute atomic E-state index is 10.9. The summed E-state index contributed by atoms with van der Waals surface area (Å²) in [6.07, 6.45) is 0.627. The minimum absolute atomic E-state index is 0.120. The van der Waals surface area contributed by atoms with E-state index in [0.29, 0.717) is 6.42 Å². The molecule has 0 aromatic rings. The first-order valence-electron chi connectivity index (χ1n) is 4.83. The number of carboxylic acid groups (broad SMARTS) is 2. The lowest BCUT2D eigenvalue weighted by atomic mass is 9.93. The van der Waals surface area contributed by atoms with Crippen molar-refractivity contribution >= 4 is 11.9 Å². The lowest BCUT2D eigenvalue weighted by Crippen LogP contribution is -2.52. The number of hydrogen-bond acceptors (Lipinski definition) is 5. The molecule has 0 aromatic carbocycles. The highest BCUT2D eigenvalue weighted by Gasteiger charge is 2.33. The van der Waals surface area contributed by atoms with Gasteiger partial charge in [-0.2, -0.15) is 0 Å². The number of nitrogens with two attached hydrogens (primary N) is 2. The third-order valence-electron chi connectivity index (χ3n) is 2.28. The van der Waals surface area contributed by atoms with E-state index in [-0.39, 0.29) is 19.4 Å². The third kappa shape index (κ3) is 4.56. The minimum Gasteiger partial charge on any atom is -0.480 e. The first-order valence-corrected chi connectivity index (χ1v) is 4.83. The molecule has 0 spiro atoms. The molecular weight excluding hydrogens is 216 g/mol. The van der Waals surface area contributed by atoms with Crippen molar-refractivity contribution in [2.24, 2.45) is 11.5 Å². The van der Waals surface area contributed by atoms with Gasteiger partial charge < -0.3 is 26.4 Å². The summed E-state index contributed by atoms with van der Waals surface area (Å²) in [6.45, 7) is -0.120. The average Bonchev–Trinajstić information content (AvgIpc) is 2.17. The van der Waals surface area contributed by atoms with E-state index in [4.69, 9.17) is 26.4 Å². The molecule has 7 nitrogen and oxygen atoms in total. The number of carboxylic acids is 2. The van der Waals surface area contributed by atoms with Crippen LogP contribution in [0.3, 0.4) is 0 Å². The summed E-state index contributed by atoms with van der Waals surface area (Å²) in [5, 5.41) is 17.4. The smallest absolute Gasteiger partial charge is 0.326 e. The predicted molar refractivity (Wildman–Crippen MR) is 55.9 cm³/mol. The van der Waals surface area contributed by atoms with E-state index < -0.39 is 23.5 Å². The molecule has 0 aliphatic heterocycles. The Morgan fingerprint density at radius 1 is 1.44 bits per heavy atom. The summed E-state index contributed by atoms with van der Waals surface area (Å²) in [7, 11) is 1.35. The van der Waals surface area contributed by atoms with Crippen LogP contribution in [0, 0.1) is 0 Å². The van der Waals surface area contributed by atoms with E-state index in [2.05, 4.69) is 0 Å². The van der Waals surface area contributed by atoms with Crippen LogP contribution in [0.15, 0.2) is 0 Å². The van der Waals surface area contributed by atoms with E-state index in [9.17, 15) is 9.59 Å². The zero-order valence-corrected chi connectivity index (χ0v) is 9.18. The molecule has 2 atom stereocenters. The lowest BCUT2D eigenvalue weighted by molar-refractivity contribution is -0.145. The van der Waals surface area contributed by atoms with Crippen LogP contribution in [0.4, 0.5) is 0 Å². The number of ether oxygens (including phenoxy) is 1.